The number of anilines is 1. The van der Waals surface area contributed by atoms with Gasteiger partial charge in [0, 0.05) is 12.1 Å². The first-order chi connectivity index (χ1) is 7.27. The van der Waals surface area contributed by atoms with Gasteiger partial charge < -0.3 is 5.32 Å². The Balaban J connectivity index is 2.02. The van der Waals surface area contributed by atoms with E-state index in [1.165, 1.54) is 12.8 Å². The molecule has 1 N–H and O–H groups in total. The number of carbonyl (C=O) groups excluding carboxylic acids is 1. The molecule has 4 heteroatoms. The first-order valence-corrected chi connectivity index (χ1v) is 5.98. The van der Waals surface area contributed by atoms with Crippen LogP contribution in [0, 0.1) is 5.92 Å². The van der Waals surface area contributed by atoms with Gasteiger partial charge in [-0.05, 0) is 40.9 Å². The summed E-state index contributed by atoms with van der Waals surface area (Å²) in [5.41, 5.74) is 0.759. The maximum absolute atomic E-state index is 11.8. The van der Waals surface area contributed by atoms with E-state index in [-0.39, 0.29) is 11.8 Å². The lowest BCUT2D eigenvalue weighted by molar-refractivity contribution is -0.119. The van der Waals surface area contributed by atoms with Gasteiger partial charge in [0.2, 0.25) is 5.91 Å². The van der Waals surface area contributed by atoms with Crippen LogP contribution < -0.4 is 5.32 Å². The summed E-state index contributed by atoms with van der Waals surface area (Å²) in [5, 5.41) is 2.90. The van der Waals surface area contributed by atoms with Gasteiger partial charge in [-0.3, -0.25) is 4.79 Å². The van der Waals surface area contributed by atoms with Crippen LogP contribution in [-0.2, 0) is 4.79 Å². The molecule has 0 bridgehead atoms. The molecule has 1 fully saturated rings. The fourth-order valence-electron chi connectivity index (χ4n) is 1.90. The number of carbonyl (C=O) groups is 1. The minimum atomic E-state index is 0.126. The largest absolute Gasteiger partial charge is 0.324 e. The van der Waals surface area contributed by atoms with Gasteiger partial charge in [0.1, 0.15) is 4.60 Å². The van der Waals surface area contributed by atoms with Gasteiger partial charge in [-0.25, -0.2) is 4.98 Å². The molecule has 15 heavy (non-hydrogen) atoms. The van der Waals surface area contributed by atoms with Gasteiger partial charge in [0.25, 0.3) is 0 Å². The summed E-state index contributed by atoms with van der Waals surface area (Å²) in [5.74, 6) is 0.318. The van der Waals surface area contributed by atoms with Crippen LogP contribution >= 0.6 is 15.9 Å². The topological polar surface area (TPSA) is 42.0 Å². The molecule has 0 aliphatic heterocycles. The Morgan fingerprint density at radius 1 is 1.47 bits per heavy atom. The second-order valence-electron chi connectivity index (χ2n) is 3.81. The molecule has 0 radical (unpaired) electrons. The van der Waals surface area contributed by atoms with E-state index in [1.54, 1.807) is 6.20 Å². The van der Waals surface area contributed by atoms with Gasteiger partial charge in [0.05, 0.1) is 5.69 Å². The van der Waals surface area contributed by atoms with Gasteiger partial charge >= 0.3 is 0 Å². The van der Waals surface area contributed by atoms with Crippen molar-refractivity contribution in [2.45, 2.75) is 25.7 Å². The molecule has 0 atom stereocenters. The molecule has 80 valence electrons. The Labute approximate surface area is 97.4 Å². The van der Waals surface area contributed by atoms with Gasteiger partial charge in [-0.2, -0.15) is 0 Å². The van der Waals surface area contributed by atoms with E-state index < -0.39 is 0 Å². The van der Waals surface area contributed by atoms with Gasteiger partial charge in [-0.15, -0.1) is 0 Å². The normalized spacial score (nSPS) is 16.6. The fraction of sp³-hybridized carbons (Fsp3) is 0.455. The van der Waals surface area contributed by atoms with Crippen molar-refractivity contribution in [3.63, 3.8) is 0 Å². The lowest BCUT2D eigenvalue weighted by atomic mass is 10.1. The summed E-state index contributed by atoms with van der Waals surface area (Å²) < 4.78 is 0.691. The molecule has 1 aromatic heterocycles. The maximum Gasteiger partial charge on any atom is 0.227 e. The Morgan fingerprint density at radius 3 is 2.87 bits per heavy atom. The number of rotatable bonds is 2. The highest BCUT2D eigenvalue weighted by atomic mass is 79.9. The summed E-state index contributed by atoms with van der Waals surface area (Å²) in [6.07, 6.45) is 6.07. The summed E-state index contributed by atoms with van der Waals surface area (Å²) in [6.45, 7) is 0. The third-order valence-corrected chi connectivity index (χ3v) is 3.37. The Hall–Kier alpha value is -0.900. The second-order valence-corrected chi connectivity index (χ2v) is 4.56. The third-order valence-electron chi connectivity index (χ3n) is 2.74. The average Bonchev–Trinajstić information content (AvgIpc) is 2.74. The van der Waals surface area contributed by atoms with Crippen molar-refractivity contribution >= 4 is 27.5 Å². The number of pyridine rings is 1. The van der Waals surface area contributed by atoms with E-state index in [2.05, 4.69) is 26.2 Å². The summed E-state index contributed by atoms with van der Waals surface area (Å²) in [7, 11) is 0. The Kier molecular flexibility index (Phi) is 3.36. The summed E-state index contributed by atoms with van der Waals surface area (Å²) in [6, 6.07) is 3.67. The van der Waals surface area contributed by atoms with Crippen molar-refractivity contribution in [1.29, 1.82) is 0 Å². The van der Waals surface area contributed by atoms with Crippen LogP contribution in [0.25, 0.3) is 0 Å². The molecule has 1 aliphatic carbocycles. The summed E-state index contributed by atoms with van der Waals surface area (Å²) in [4.78, 5) is 15.9. The van der Waals surface area contributed by atoms with E-state index >= 15 is 0 Å². The van der Waals surface area contributed by atoms with Crippen LogP contribution in [0.5, 0.6) is 0 Å². The molecule has 0 aromatic carbocycles. The van der Waals surface area contributed by atoms with Crippen molar-refractivity contribution in [2.24, 2.45) is 5.92 Å². The number of aromatic nitrogens is 1. The molecular weight excluding hydrogens is 256 g/mol. The lowest BCUT2D eigenvalue weighted by Gasteiger charge is -2.10. The van der Waals surface area contributed by atoms with Crippen molar-refractivity contribution in [2.75, 3.05) is 5.32 Å². The van der Waals surface area contributed by atoms with Crippen molar-refractivity contribution in [3.8, 4) is 0 Å². The van der Waals surface area contributed by atoms with Crippen LogP contribution in [0.1, 0.15) is 25.7 Å². The molecule has 0 saturated heterocycles. The highest BCUT2D eigenvalue weighted by molar-refractivity contribution is 9.10. The standard InChI is InChI=1S/C11H13BrN2O/c12-10-9(6-3-7-13-10)14-11(15)8-4-1-2-5-8/h3,6-8H,1-2,4-5H2,(H,14,15). The second kappa shape index (κ2) is 4.75. The number of hydrogen-bond donors (Lipinski definition) is 1. The minimum Gasteiger partial charge on any atom is -0.324 e. The van der Waals surface area contributed by atoms with E-state index in [9.17, 15) is 4.79 Å². The number of nitrogens with one attached hydrogen (secondary N) is 1. The van der Waals surface area contributed by atoms with Crippen LogP contribution in [0.15, 0.2) is 22.9 Å². The zero-order valence-corrected chi connectivity index (χ0v) is 9.96. The van der Waals surface area contributed by atoms with Gasteiger partial charge in [-0.1, -0.05) is 12.8 Å². The monoisotopic (exact) mass is 268 g/mol. The molecule has 1 heterocycles. The molecule has 1 aromatic rings. The van der Waals surface area contributed by atoms with Crippen LogP contribution in [0.2, 0.25) is 0 Å². The molecule has 1 saturated carbocycles. The number of halogens is 1. The highest BCUT2D eigenvalue weighted by Gasteiger charge is 2.22. The molecular formula is C11H13BrN2O. The fourth-order valence-corrected chi connectivity index (χ4v) is 2.25. The zero-order chi connectivity index (χ0) is 10.7. The maximum atomic E-state index is 11.8. The summed E-state index contributed by atoms with van der Waals surface area (Å²) >= 11 is 3.31. The highest BCUT2D eigenvalue weighted by Crippen LogP contribution is 2.27. The Morgan fingerprint density at radius 2 is 2.20 bits per heavy atom. The predicted molar refractivity (Wildman–Crippen MR) is 62.5 cm³/mol. The van der Waals surface area contributed by atoms with E-state index in [0.717, 1.165) is 18.5 Å². The molecule has 3 nitrogen and oxygen atoms in total. The van der Waals surface area contributed by atoms with E-state index in [1.807, 2.05) is 12.1 Å². The lowest BCUT2D eigenvalue weighted by Crippen LogP contribution is -2.20. The number of nitrogens with zero attached hydrogens (tertiary/aromatic N) is 1. The first-order valence-electron chi connectivity index (χ1n) is 5.19. The third kappa shape index (κ3) is 2.56. The average molecular weight is 269 g/mol. The van der Waals surface area contributed by atoms with Crippen molar-refractivity contribution in [3.05, 3.63) is 22.9 Å². The van der Waals surface area contributed by atoms with Gasteiger partial charge in [0.15, 0.2) is 0 Å². The quantitative estimate of drug-likeness (QED) is 0.838. The Bertz CT molecular complexity index is 361. The number of amides is 1. The number of hydrogen-bond acceptors (Lipinski definition) is 2. The minimum absolute atomic E-state index is 0.126. The molecule has 0 spiro atoms. The van der Waals surface area contributed by atoms with Crippen molar-refractivity contribution < 1.29 is 4.79 Å². The molecule has 1 amide bonds. The van der Waals surface area contributed by atoms with Crippen LogP contribution in [0.3, 0.4) is 0 Å². The predicted octanol–water partition coefficient (Wildman–Crippen LogP) is 2.97. The smallest absolute Gasteiger partial charge is 0.227 e. The zero-order valence-electron chi connectivity index (χ0n) is 8.37. The SMILES string of the molecule is O=C(Nc1cccnc1Br)C1CCCC1. The van der Waals surface area contributed by atoms with Crippen LogP contribution in [0.4, 0.5) is 5.69 Å². The molecule has 2 rings (SSSR count). The molecule has 0 unspecified atom stereocenters. The van der Waals surface area contributed by atoms with Crippen LogP contribution in [-0.4, -0.2) is 10.9 Å². The van der Waals surface area contributed by atoms with E-state index in [0.29, 0.717) is 4.60 Å². The van der Waals surface area contributed by atoms with Crippen molar-refractivity contribution in [1.82, 2.24) is 4.98 Å². The van der Waals surface area contributed by atoms with E-state index in [4.69, 9.17) is 0 Å². The first kappa shape index (κ1) is 10.6. The molecule has 1 aliphatic rings.